The number of benzene rings is 2. The van der Waals surface area contributed by atoms with Crippen molar-refractivity contribution >= 4 is 23.8 Å². The number of aryl methyl sites for hydroxylation is 2. The lowest BCUT2D eigenvalue weighted by atomic mass is 9.94. The first-order valence-corrected chi connectivity index (χ1v) is 16.3. The first-order chi connectivity index (χ1) is 22.8. The molecule has 0 radical (unpaired) electrons. The SMILES string of the molecule is Cc1ccc2cc1CNC(=O)C(CCc1ccncc1)NC(=O)[C@@H](NC(=O)OCc1ccccc1)CC(=O)N1CCCC(CCO2)C1. The fourth-order valence-corrected chi connectivity index (χ4v) is 5.93. The summed E-state index contributed by atoms with van der Waals surface area (Å²) in [7, 11) is 0. The van der Waals surface area contributed by atoms with Crippen LogP contribution in [0, 0.1) is 12.8 Å². The number of carbonyl (C=O) groups excluding carboxylic acids is 4. The number of alkyl carbamates (subject to hydrolysis) is 1. The minimum absolute atomic E-state index is 0.00240. The van der Waals surface area contributed by atoms with E-state index >= 15 is 0 Å². The van der Waals surface area contributed by atoms with Gasteiger partial charge in [-0.05, 0) is 91.5 Å². The number of nitrogens with zero attached hydrogens (tertiary/aromatic N) is 2. The summed E-state index contributed by atoms with van der Waals surface area (Å²) in [6.07, 6.45) is 5.63. The van der Waals surface area contributed by atoms with Crippen LogP contribution in [0.1, 0.15) is 54.4 Å². The predicted molar refractivity (Wildman–Crippen MR) is 175 cm³/mol. The van der Waals surface area contributed by atoms with Gasteiger partial charge in [0.05, 0.1) is 13.0 Å². The largest absolute Gasteiger partial charge is 0.494 e. The van der Waals surface area contributed by atoms with Crippen LogP contribution in [0.5, 0.6) is 5.75 Å². The summed E-state index contributed by atoms with van der Waals surface area (Å²) in [5.74, 6) is -0.285. The van der Waals surface area contributed by atoms with Crippen LogP contribution >= 0.6 is 0 Å². The molecule has 1 aromatic heterocycles. The maximum atomic E-state index is 13.8. The smallest absolute Gasteiger partial charge is 0.408 e. The Bertz CT molecular complexity index is 1520. The Morgan fingerprint density at radius 1 is 1.02 bits per heavy atom. The van der Waals surface area contributed by atoms with E-state index < -0.39 is 24.1 Å². The maximum absolute atomic E-state index is 13.8. The van der Waals surface area contributed by atoms with E-state index in [-0.39, 0.29) is 43.7 Å². The Kier molecular flexibility index (Phi) is 11.8. The summed E-state index contributed by atoms with van der Waals surface area (Å²) in [6.45, 7) is 3.83. The number of aromatic nitrogens is 1. The minimum Gasteiger partial charge on any atom is -0.494 e. The van der Waals surface area contributed by atoms with Crippen LogP contribution in [0.3, 0.4) is 0 Å². The molecule has 3 aromatic rings. The van der Waals surface area contributed by atoms with Gasteiger partial charge in [-0.3, -0.25) is 19.4 Å². The Hall–Kier alpha value is -4.93. The number of rotatable bonds is 6. The number of nitrogens with one attached hydrogen (secondary N) is 3. The van der Waals surface area contributed by atoms with E-state index in [4.69, 9.17) is 9.47 Å². The maximum Gasteiger partial charge on any atom is 0.408 e. The molecule has 3 atom stereocenters. The first kappa shape index (κ1) is 33.4. The molecule has 2 aliphatic rings. The fraction of sp³-hybridized carbons (Fsp3) is 0.417. The lowest BCUT2D eigenvalue weighted by Gasteiger charge is -2.34. The second-order valence-electron chi connectivity index (χ2n) is 12.2. The second kappa shape index (κ2) is 16.6. The van der Waals surface area contributed by atoms with Gasteiger partial charge in [-0.1, -0.05) is 36.4 Å². The van der Waals surface area contributed by atoms with Crippen LogP contribution < -0.4 is 20.7 Å². The average Bonchev–Trinajstić information content (AvgIpc) is 3.09. The highest BCUT2D eigenvalue weighted by molar-refractivity contribution is 5.94. The van der Waals surface area contributed by atoms with Gasteiger partial charge < -0.3 is 30.3 Å². The van der Waals surface area contributed by atoms with Gasteiger partial charge in [0, 0.05) is 32.0 Å². The molecule has 4 bridgehead atoms. The lowest BCUT2D eigenvalue weighted by molar-refractivity contribution is -0.137. The zero-order valence-corrected chi connectivity index (χ0v) is 26.8. The number of ether oxygens (including phenoxy) is 2. The molecule has 2 aliphatic heterocycles. The number of hydrogen-bond acceptors (Lipinski definition) is 7. The van der Waals surface area contributed by atoms with Crippen molar-refractivity contribution in [1.82, 2.24) is 25.8 Å². The van der Waals surface area contributed by atoms with Crippen molar-refractivity contribution in [1.29, 1.82) is 0 Å². The van der Waals surface area contributed by atoms with Crippen LogP contribution in [-0.4, -0.2) is 65.5 Å². The number of fused-ring (bicyclic) bond motifs is 4. The van der Waals surface area contributed by atoms with E-state index in [2.05, 4.69) is 20.9 Å². The lowest BCUT2D eigenvalue weighted by Crippen LogP contribution is -2.55. The molecule has 1 saturated heterocycles. The summed E-state index contributed by atoms with van der Waals surface area (Å²) >= 11 is 0. The highest BCUT2D eigenvalue weighted by atomic mass is 16.5. The molecule has 1 fully saturated rings. The van der Waals surface area contributed by atoms with Crippen molar-refractivity contribution in [3.05, 3.63) is 95.3 Å². The first-order valence-electron chi connectivity index (χ1n) is 16.3. The highest BCUT2D eigenvalue weighted by Crippen LogP contribution is 2.23. The van der Waals surface area contributed by atoms with Gasteiger partial charge in [-0.25, -0.2) is 4.79 Å². The molecule has 5 rings (SSSR count). The van der Waals surface area contributed by atoms with Crippen molar-refractivity contribution in [2.75, 3.05) is 19.7 Å². The summed E-state index contributed by atoms with van der Waals surface area (Å²) in [5.41, 5.74) is 3.65. The number of carbonyl (C=O) groups is 4. The number of hydrogen-bond donors (Lipinski definition) is 3. The molecular weight excluding hydrogens is 598 g/mol. The van der Waals surface area contributed by atoms with E-state index in [0.717, 1.165) is 47.3 Å². The van der Waals surface area contributed by atoms with E-state index in [1.165, 1.54) is 0 Å². The topological polar surface area (TPSA) is 139 Å². The predicted octanol–water partition coefficient (Wildman–Crippen LogP) is 3.83. The zero-order valence-electron chi connectivity index (χ0n) is 26.8. The molecule has 0 aliphatic carbocycles. The quantitative estimate of drug-likeness (QED) is 0.372. The summed E-state index contributed by atoms with van der Waals surface area (Å²) in [6, 6.07) is 16.5. The molecular formula is C36H43N5O6. The van der Waals surface area contributed by atoms with Crippen LogP contribution in [0.15, 0.2) is 73.1 Å². The zero-order chi connectivity index (χ0) is 33.0. The Balaban J connectivity index is 1.37. The summed E-state index contributed by atoms with van der Waals surface area (Å²) in [4.78, 5) is 59.8. The molecule has 0 saturated carbocycles. The van der Waals surface area contributed by atoms with E-state index in [9.17, 15) is 19.2 Å². The van der Waals surface area contributed by atoms with E-state index in [0.29, 0.717) is 26.1 Å². The molecule has 11 nitrogen and oxygen atoms in total. The molecule has 4 amide bonds. The Labute approximate surface area is 275 Å². The number of piperidine rings is 1. The third-order valence-electron chi connectivity index (χ3n) is 8.74. The Morgan fingerprint density at radius 3 is 2.64 bits per heavy atom. The van der Waals surface area contributed by atoms with Crippen LogP contribution in [-0.2, 0) is 38.7 Å². The van der Waals surface area contributed by atoms with Crippen LogP contribution in [0.4, 0.5) is 4.79 Å². The van der Waals surface area contributed by atoms with Gasteiger partial charge in [0.1, 0.15) is 24.4 Å². The number of pyridine rings is 1. The minimum atomic E-state index is -1.25. The van der Waals surface area contributed by atoms with Crippen LogP contribution in [0.2, 0.25) is 0 Å². The van der Waals surface area contributed by atoms with Crippen LogP contribution in [0.25, 0.3) is 0 Å². The monoisotopic (exact) mass is 641 g/mol. The molecule has 2 aromatic carbocycles. The van der Waals surface area contributed by atoms with Gasteiger partial charge in [0.15, 0.2) is 0 Å². The van der Waals surface area contributed by atoms with Gasteiger partial charge in [0.25, 0.3) is 0 Å². The van der Waals surface area contributed by atoms with Crippen molar-refractivity contribution < 1.29 is 28.7 Å². The van der Waals surface area contributed by atoms with Crippen molar-refractivity contribution in [2.45, 2.75) is 70.7 Å². The highest BCUT2D eigenvalue weighted by Gasteiger charge is 2.32. The molecule has 0 spiro atoms. The average molecular weight is 642 g/mol. The number of amides is 4. The Morgan fingerprint density at radius 2 is 1.83 bits per heavy atom. The second-order valence-corrected chi connectivity index (χ2v) is 12.2. The third kappa shape index (κ3) is 10.0. The van der Waals surface area contributed by atoms with E-state index in [1.807, 2.05) is 67.6 Å². The molecule has 2 unspecified atom stereocenters. The molecule has 3 N–H and O–H groups in total. The summed E-state index contributed by atoms with van der Waals surface area (Å²) in [5, 5.41) is 8.41. The normalized spacial score (nSPS) is 20.9. The van der Waals surface area contributed by atoms with Gasteiger partial charge in [0.2, 0.25) is 17.7 Å². The van der Waals surface area contributed by atoms with Crippen molar-refractivity contribution in [2.24, 2.45) is 5.92 Å². The summed E-state index contributed by atoms with van der Waals surface area (Å²) < 4.78 is 11.5. The van der Waals surface area contributed by atoms with Crippen molar-refractivity contribution in [3.63, 3.8) is 0 Å². The van der Waals surface area contributed by atoms with Gasteiger partial charge in [-0.15, -0.1) is 0 Å². The standard InChI is InChI=1S/C36H43N5O6/c1-25-9-11-30-20-29(25)22-38-34(43)31(12-10-26-13-16-37-17-14-26)39-35(44)32(40-36(45)47-24-28-6-3-2-4-7-28)21-33(42)41-18-5-8-27(23-41)15-19-46-30/h2-4,6-7,9,11,13-14,16-17,20,27,31-32H,5,8,10,12,15,18-19,21-24H2,1H3,(H,38,43)(H,39,44)(H,40,45)/t27?,31?,32-/m0/s1. The van der Waals surface area contributed by atoms with Gasteiger partial charge >= 0.3 is 6.09 Å². The van der Waals surface area contributed by atoms with Gasteiger partial charge in [-0.2, -0.15) is 0 Å². The molecule has 3 heterocycles. The third-order valence-corrected chi connectivity index (χ3v) is 8.74. The van der Waals surface area contributed by atoms with E-state index in [1.54, 1.807) is 17.3 Å². The molecule has 248 valence electrons. The molecule has 11 heteroatoms. The molecule has 47 heavy (non-hydrogen) atoms. The van der Waals surface area contributed by atoms with Crippen molar-refractivity contribution in [3.8, 4) is 5.75 Å². The fourth-order valence-electron chi connectivity index (χ4n) is 5.93.